The van der Waals surface area contributed by atoms with Gasteiger partial charge in [0.2, 0.25) is 0 Å². The SMILES string of the molecule is CCCC=CC(=O)CC.O=c1ccc2ccccc2o1.c1ccc2[nH]ccc2c1. The predicted molar refractivity (Wildman–Crippen MR) is 120 cm³/mol. The van der Waals surface area contributed by atoms with E-state index in [-0.39, 0.29) is 11.4 Å². The van der Waals surface area contributed by atoms with Crippen LogP contribution in [0.2, 0.25) is 0 Å². The Morgan fingerprint density at radius 2 is 1.66 bits per heavy atom. The Balaban J connectivity index is 0.000000157. The molecule has 150 valence electrons. The highest BCUT2D eigenvalue weighted by Gasteiger charge is 1.92. The van der Waals surface area contributed by atoms with Crippen LogP contribution >= 0.6 is 0 Å². The van der Waals surface area contributed by atoms with Gasteiger partial charge in [0, 0.05) is 29.6 Å². The maximum Gasteiger partial charge on any atom is 0.336 e. The van der Waals surface area contributed by atoms with Crippen LogP contribution in [-0.2, 0) is 4.79 Å². The first-order valence-corrected chi connectivity index (χ1v) is 9.84. The van der Waals surface area contributed by atoms with Gasteiger partial charge in [0.1, 0.15) is 5.58 Å². The maximum atomic E-state index is 10.7. The van der Waals surface area contributed by atoms with Crippen LogP contribution in [0.15, 0.2) is 94.3 Å². The lowest BCUT2D eigenvalue weighted by Gasteiger charge is -1.91. The van der Waals surface area contributed by atoms with Crippen molar-refractivity contribution in [1.82, 2.24) is 4.98 Å². The molecule has 2 aromatic heterocycles. The zero-order valence-electron chi connectivity index (χ0n) is 16.9. The van der Waals surface area contributed by atoms with Crippen molar-refractivity contribution in [2.24, 2.45) is 0 Å². The standard InChI is InChI=1S/C9H6O2.C8H7N.C8H14O/c10-9-6-5-7-3-1-2-4-8(7)11-9;1-2-4-8-7(3-1)5-6-9-8;1-3-5-6-7-8(9)4-2/h1-6H;1-6,9H;6-7H,3-5H2,1-2H3. The average molecular weight is 389 g/mol. The van der Waals surface area contributed by atoms with Crippen molar-refractivity contribution < 1.29 is 9.21 Å². The fourth-order valence-electron chi connectivity index (χ4n) is 2.51. The van der Waals surface area contributed by atoms with Crippen LogP contribution in [0.5, 0.6) is 0 Å². The van der Waals surface area contributed by atoms with E-state index in [0.29, 0.717) is 12.0 Å². The number of ketones is 1. The van der Waals surface area contributed by atoms with E-state index >= 15 is 0 Å². The molecule has 4 aromatic rings. The Bertz CT molecular complexity index is 1080. The van der Waals surface area contributed by atoms with Gasteiger partial charge in [-0.25, -0.2) is 4.79 Å². The fraction of sp³-hybridized carbons (Fsp3) is 0.200. The molecule has 4 heteroatoms. The van der Waals surface area contributed by atoms with Crippen LogP contribution < -0.4 is 5.63 Å². The number of para-hydroxylation sites is 2. The zero-order valence-corrected chi connectivity index (χ0v) is 16.9. The first-order valence-electron chi connectivity index (χ1n) is 9.84. The highest BCUT2D eigenvalue weighted by molar-refractivity contribution is 5.89. The van der Waals surface area contributed by atoms with Gasteiger partial charge in [-0.15, -0.1) is 0 Å². The van der Waals surface area contributed by atoms with E-state index in [1.807, 2.05) is 49.5 Å². The number of carbonyl (C=O) groups excluding carboxylic acids is 1. The number of fused-ring (bicyclic) bond motifs is 2. The van der Waals surface area contributed by atoms with Gasteiger partial charge in [-0.1, -0.05) is 62.7 Å². The molecule has 0 saturated carbocycles. The smallest absolute Gasteiger partial charge is 0.336 e. The summed E-state index contributed by atoms with van der Waals surface area (Å²) in [6.07, 6.45) is 8.32. The molecule has 2 heterocycles. The second-order valence-corrected chi connectivity index (χ2v) is 6.37. The third-order valence-electron chi connectivity index (χ3n) is 4.10. The van der Waals surface area contributed by atoms with E-state index in [4.69, 9.17) is 4.42 Å². The van der Waals surface area contributed by atoms with Crippen molar-refractivity contribution in [2.75, 3.05) is 0 Å². The Labute approximate surface area is 170 Å². The average Bonchev–Trinajstić information content (AvgIpc) is 3.23. The number of rotatable bonds is 4. The molecule has 4 rings (SSSR count). The number of carbonyl (C=O) groups is 1. The van der Waals surface area contributed by atoms with Crippen molar-refractivity contribution >= 4 is 27.7 Å². The van der Waals surface area contributed by atoms with Crippen molar-refractivity contribution in [1.29, 1.82) is 0 Å². The zero-order chi connectivity index (χ0) is 20.9. The van der Waals surface area contributed by atoms with E-state index in [0.717, 1.165) is 18.2 Å². The largest absolute Gasteiger partial charge is 0.423 e. The van der Waals surface area contributed by atoms with Gasteiger partial charge in [-0.2, -0.15) is 0 Å². The van der Waals surface area contributed by atoms with Gasteiger partial charge < -0.3 is 9.40 Å². The van der Waals surface area contributed by atoms with Crippen molar-refractivity contribution in [3.63, 3.8) is 0 Å². The lowest BCUT2D eigenvalue weighted by atomic mass is 10.2. The molecule has 0 atom stereocenters. The van der Waals surface area contributed by atoms with Gasteiger partial charge in [-0.05, 0) is 42.1 Å². The minimum atomic E-state index is -0.302. The molecule has 0 bridgehead atoms. The summed E-state index contributed by atoms with van der Waals surface area (Å²) in [5, 5.41) is 2.23. The van der Waals surface area contributed by atoms with Crippen molar-refractivity contribution in [2.45, 2.75) is 33.1 Å². The second kappa shape index (κ2) is 12.1. The number of hydrogen-bond acceptors (Lipinski definition) is 3. The monoisotopic (exact) mass is 389 g/mol. The van der Waals surface area contributed by atoms with Crippen LogP contribution in [-0.4, -0.2) is 10.8 Å². The van der Waals surface area contributed by atoms with Crippen molar-refractivity contribution in [3.05, 3.63) is 95.5 Å². The molecule has 0 amide bonds. The Morgan fingerprint density at radius 1 is 0.931 bits per heavy atom. The summed E-state index contributed by atoms with van der Waals surface area (Å²) >= 11 is 0. The molecule has 0 radical (unpaired) electrons. The first kappa shape index (κ1) is 21.9. The highest BCUT2D eigenvalue weighted by Crippen LogP contribution is 2.09. The molecule has 29 heavy (non-hydrogen) atoms. The lowest BCUT2D eigenvalue weighted by Crippen LogP contribution is -1.93. The molecule has 2 aromatic carbocycles. The molecule has 1 N–H and O–H groups in total. The third kappa shape index (κ3) is 7.62. The minimum Gasteiger partial charge on any atom is -0.423 e. The van der Waals surface area contributed by atoms with E-state index in [1.165, 1.54) is 17.0 Å². The first-order chi connectivity index (χ1) is 14.1. The number of hydrogen-bond donors (Lipinski definition) is 1. The maximum absolute atomic E-state index is 10.7. The molecule has 4 nitrogen and oxygen atoms in total. The van der Waals surface area contributed by atoms with Crippen molar-refractivity contribution in [3.8, 4) is 0 Å². The van der Waals surface area contributed by atoms with Crippen LogP contribution in [0.25, 0.3) is 21.9 Å². The molecule has 0 saturated heterocycles. The predicted octanol–water partition coefficient (Wildman–Crippen LogP) is 6.28. The number of aromatic amines is 1. The fourth-order valence-corrected chi connectivity index (χ4v) is 2.51. The van der Waals surface area contributed by atoms with E-state index in [2.05, 4.69) is 30.1 Å². The van der Waals surface area contributed by atoms with Crippen LogP contribution in [0.3, 0.4) is 0 Å². The summed E-state index contributed by atoms with van der Waals surface area (Å²) in [5.74, 6) is 0.225. The number of nitrogens with one attached hydrogen (secondary N) is 1. The summed E-state index contributed by atoms with van der Waals surface area (Å²) in [7, 11) is 0. The quantitative estimate of drug-likeness (QED) is 0.330. The number of H-pyrrole nitrogens is 1. The summed E-state index contributed by atoms with van der Waals surface area (Å²) in [6, 6.07) is 20.9. The van der Waals surface area contributed by atoms with Gasteiger partial charge in [0.05, 0.1) is 0 Å². The van der Waals surface area contributed by atoms with Gasteiger partial charge in [0.25, 0.3) is 0 Å². The topological polar surface area (TPSA) is 63.1 Å². The highest BCUT2D eigenvalue weighted by atomic mass is 16.4. The molecule has 0 aliphatic carbocycles. The Hall–Kier alpha value is -3.40. The number of benzene rings is 2. The van der Waals surface area contributed by atoms with Crippen LogP contribution in [0.1, 0.15) is 33.1 Å². The molecule has 0 unspecified atom stereocenters. The van der Waals surface area contributed by atoms with Gasteiger partial charge in [-0.3, -0.25) is 4.79 Å². The van der Waals surface area contributed by atoms with Crippen LogP contribution in [0, 0.1) is 0 Å². The number of allylic oxidation sites excluding steroid dienone is 2. The van der Waals surface area contributed by atoms with E-state index in [1.54, 1.807) is 18.2 Å². The summed E-state index contributed by atoms with van der Waals surface area (Å²) in [6.45, 7) is 3.97. The van der Waals surface area contributed by atoms with Crippen LogP contribution in [0.4, 0.5) is 0 Å². The number of aromatic nitrogens is 1. The molecule has 0 fully saturated rings. The second-order valence-electron chi connectivity index (χ2n) is 6.37. The number of unbranched alkanes of at least 4 members (excludes halogenated alkanes) is 1. The van der Waals surface area contributed by atoms with Gasteiger partial charge in [0.15, 0.2) is 5.78 Å². The molecule has 0 aliphatic heterocycles. The molecule has 0 spiro atoms. The normalized spacial score (nSPS) is 10.3. The van der Waals surface area contributed by atoms with E-state index in [9.17, 15) is 9.59 Å². The molecular weight excluding hydrogens is 362 g/mol. The molecular formula is C25H27NO3. The van der Waals surface area contributed by atoms with Gasteiger partial charge >= 0.3 is 5.63 Å². The molecule has 0 aliphatic rings. The summed E-state index contributed by atoms with van der Waals surface area (Å²) in [5.41, 5.74) is 1.54. The van der Waals surface area contributed by atoms with E-state index < -0.39 is 0 Å². The Kier molecular flexibility index (Phi) is 9.16. The summed E-state index contributed by atoms with van der Waals surface area (Å²) in [4.78, 5) is 24.4. The Morgan fingerprint density at radius 3 is 2.38 bits per heavy atom. The summed E-state index contributed by atoms with van der Waals surface area (Å²) < 4.78 is 4.91. The minimum absolute atomic E-state index is 0.225. The third-order valence-corrected chi connectivity index (χ3v) is 4.10. The lowest BCUT2D eigenvalue weighted by molar-refractivity contribution is -0.114.